The third kappa shape index (κ3) is 4.78. The van der Waals surface area contributed by atoms with Crippen molar-refractivity contribution in [3.05, 3.63) is 131 Å². The Balaban J connectivity index is 0.000000330. The van der Waals surface area contributed by atoms with E-state index in [-0.39, 0.29) is 17.6 Å². The minimum atomic E-state index is -0.256. The van der Waals surface area contributed by atoms with Gasteiger partial charge < -0.3 is 9.73 Å². The van der Waals surface area contributed by atoms with Crippen molar-refractivity contribution in [1.82, 2.24) is 15.5 Å². The molecule has 38 heavy (non-hydrogen) atoms. The van der Waals surface area contributed by atoms with Gasteiger partial charge in [0.2, 0.25) is 11.7 Å². The summed E-state index contributed by atoms with van der Waals surface area (Å²) >= 11 is 0. The van der Waals surface area contributed by atoms with Crippen LogP contribution in [0.2, 0.25) is 0 Å². The van der Waals surface area contributed by atoms with Gasteiger partial charge >= 0.3 is 0 Å². The number of fused-ring (bicyclic) bond motifs is 5. The van der Waals surface area contributed by atoms with E-state index in [1.54, 1.807) is 0 Å². The number of allylic oxidation sites excluding steroid dienone is 4. The molecule has 0 saturated carbocycles. The number of ketones is 1. The van der Waals surface area contributed by atoms with Gasteiger partial charge in [0.05, 0.1) is 0 Å². The zero-order chi connectivity index (χ0) is 25.7. The predicted octanol–water partition coefficient (Wildman–Crippen LogP) is 5.14. The van der Waals surface area contributed by atoms with Crippen LogP contribution in [0.5, 0.6) is 0 Å². The number of hydrogen-bond acceptors (Lipinski definition) is 5. The Kier molecular flexibility index (Phi) is 6.64. The number of hydrogen-bond donors (Lipinski definition) is 1. The lowest BCUT2D eigenvalue weighted by Gasteiger charge is -2.20. The number of aryl methyl sites for hydroxylation is 1. The highest BCUT2D eigenvalue weighted by atomic mass is 16.4. The Morgan fingerprint density at radius 1 is 0.789 bits per heavy atom. The summed E-state index contributed by atoms with van der Waals surface area (Å²) in [5, 5.41) is 13.5. The van der Waals surface area contributed by atoms with Gasteiger partial charge in [0.15, 0.2) is 0 Å². The highest BCUT2D eigenvalue weighted by Gasteiger charge is 2.27. The fourth-order valence-electron chi connectivity index (χ4n) is 5.11. The zero-order valence-corrected chi connectivity index (χ0v) is 20.9. The van der Waals surface area contributed by atoms with Crippen LogP contribution in [0.4, 0.5) is 0 Å². The van der Waals surface area contributed by atoms with Gasteiger partial charge in [-0.2, -0.15) is 0 Å². The molecule has 5 heteroatoms. The van der Waals surface area contributed by atoms with Gasteiger partial charge in [-0.15, -0.1) is 10.2 Å². The van der Waals surface area contributed by atoms with Crippen LogP contribution in [0.25, 0.3) is 34.7 Å². The lowest BCUT2D eigenvalue weighted by atomic mass is 9.83. The van der Waals surface area contributed by atoms with Crippen LogP contribution in [-0.2, 0) is 12.8 Å². The SMILES string of the molecule is C1=CC=CNC=C1.O=C(c1nnc(-c2ccccc2)o1)C1C=c2c(ccc3c2=CCc2ccccc2-3)CC1. The van der Waals surface area contributed by atoms with Crippen LogP contribution in [0, 0.1) is 5.92 Å². The molecule has 0 bridgehead atoms. The average Bonchev–Trinajstić information content (AvgIpc) is 3.29. The molecular formula is C33H27N3O2. The van der Waals surface area contributed by atoms with Gasteiger partial charge in [-0.25, -0.2) is 0 Å². The first-order valence-corrected chi connectivity index (χ1v) is 12.9. The van der Waals surface area contributed by atoms with Gasteiger partial charge in [0.25, 0.3) is 5.89 Å². The monoisotopic (exact) mass is 497 g/mol. The van der Waals surface area contributed by atoms with Crippen molar-refractivity contribution in [2.24, 2.45) is 5.92 Å². The Labute approximate surface area is 221 Å². The van der Waals surface area contributed by atoms with E-state index in [4.69, 9.17) is 4.42 Å². The Morgan fingerprint density at radius 3 is 2.42 bits per heavy atom. The maximum atomic E-state index is 13.2. The fourth-order valence-corrected chi connectivity index (χ4v) is 5.11. The third-order valence-electron chi connectivity index (χ3n) is 7.02. The van der Waals surface area contributed by atoms with E-state index in [1.807, 2.05) is 67.0 Å². The first-order valence-electron chi connectivity index (χ1n) is 12.9. The van der Waals surface area contributed by atoms with Crippen LogP contribution in [-0.4, -0.2) is 16.0 Å². The van der Waals surface area contributed by atoms with Gasteiger partial charge in [-0.05, 0) is 76.2 Å². The Hall–Kier alpha value is -4.77. The van der Waals surface area contributed by atoms with Crippen molar-refractivity contribution in [3.8, 4) is 22.6 Å². The topological polar surface area (TPSA) is 68.0 Å². The summed E-state index contributed by atoms with van der Waals surface area (Å²) in [6, 6.07) is 22.5. The van der Waals surface area contributed by atoms with Gasteiger partial charge in [-0.1, -0.05) is 78.9 Å². The predicted molar refractivity (Wildman–Crippen MR) is 150 cm³/mol. The van der Waals surface area contributed by atoms with Gasteiger partial charge in [-0.3, -0.25) is 4.79 Å². The Bertz CT molecular complexity index is 1680. The van der Waals surface area contributed by atoms with Crippen molar-refractivity contribution in [2.75, 3.05) is 0 Å². The van der Waals surface area contributed by atoms with Crippen molar-refractivity contribution in [1.29, 1.82) is 0 Å². The van der Waals surface area contributed by atoms with Crippen LogP contribution >= 0.6 is 0 Å². The van der Waals surface area contributed by atoms with Gasteiger partial charge in [0.1, 0.15) is 0 Å². The third-order valence-corrected chi connectivity index (χ3v) is 7.02. The number of aromatic nitrogens is 2. The minimum absolute atomic E-state index is 0.0858. The normalized spacial score (nSPS) is 16.3. The molecule has 3 aliphatic rings. The molecule has 0 amide bonds. The quantitative estimate of drug-likeness (QED) is 0.397. The minimum Gasteiger partial charge on any atom is -0.414 e. The van der Waals surface area contributed by atoms with Crippen LogP contribution in [0.3, 0.4) is 0 Å². The number of nitrogens with zero attached hydrogens (tertiary/aromatic N) is 2. The summed E-state index contributed by atoms with van der Waals surface area (Å²) in [6.07, 6.45) is 18.5. The van der Waals surface area contributed by atoms with E-state index in [9.17, 15) is 4.79 Å². The molecular weight excluding hydrogens is 470 g/mol. The van der Waals surface area contributed by atoms with Crippen LogP contribution in [0.1, 0.15) is 28.2 Å². The molecule has 7 rings (SSSR count). The standard InChI is InChI=1S/C27H20N2O2.C6H7N/c30-25(27-29-28-26(31-27)19-7-2-1-3-8-19)20-11-10-18-13-14-22-21-9-5-4-6-17(21)12-15-23(22)24(18)16-20;1-2-4-6-7-5-3-1/h1-9,13-16,20H,10-12H2;1-7H. The molecule has 186 valence electrons. The molecule has 3 aromatic carbocycles. The number of Topliss-reactive ketones (excluding diaryl/α,β-unsaturated/α-hetero) is 1. The van der Waals surface area contributed by atoms with E-state index in [0.717, 1.165) is 24.8 Å². The van der Waals surface area contributed by atoms with Crippen molar-refractivity contribution < 1.29 is 9.21 Å². The summed E-state index contributed by atoms with van der Waals surface area (Å²) in [6.45, 7) is 0. The molecule has 2 heterocycles. The first kappa shape index (κ1) is 23.6. The lowest BCUT2D eigenvalue weighted by molar-refractivity contribution is 0.0912. The van der Waals surface area contributed by atoms with E-state index in [0.29, 0.717) is 5.89 Å². The first-order chi connectivity index (χ1) is 18.8. The number of carbonyl (C=O) groups is 1. The smallest absolute Gasteiger partial charge is 0.284 e. The molecule has 0 fully saturated rings. The van der Waals surface area contributed by atoms with Crippen molar-refractivity contribution in [3.63, 3.8) is 0 Å². The number of rotatable bonds is 3. The van der Waals surface area contributed by atoms with E-state index in [1.165, 1.54) is 32.7 Å². The summed E-state index contributed by atoms with van der Waals surface area (Å²) in [5.41, 5.74) is 5.99. The number of carbonyl (C=O) groups excluding carboxylic acids is 1. The molecule has 1 atom stereocenters. The second-order valence-corrected chi connectivity index (χ2v) is 9.39. The maximum absolute atomic E-state index is 13.2. The van der Waals surface area contributed by atoms with Gasteiger partial charge in [0, 0.05) is 23.9 Å². The summed E-state index contributed by atoms with van der Waals surface area (Å²) in [4.78, 5) is 13.2. The molecule has 1 N–H and O–H groups in total. The summed E-state index contributed by atoms with van der Waals surface area (Å²) in [5.74, 6) is 0.105. The van der Waals surface area contributed by atoms with Crippen LogP contribution < -0.4 is 15.8 Å². The molecule has 2 aliphatic carbocycles. The molecule has 4 aromatic rings. The molecule has 5 nitrogen and oxygen atoms in total. The largest absolute Gasteiger partial charge is 0.414 e. The summed E-state index contributed by atoms with van der Waals surface area (Å²) < 4.78 is 5.73. The summed E-state index contributed by atoms with van der Waals surface area (Å²) in [7, 11) is 0. The molecule has 1 aliphatic heterocycles. The molecule has 0 saturated heterocycles. The number of nitrogens with one attached hydrogen (secondary N) is 1. The van der Waals surface area contributed by atoms with E-state index in [2.05, 4.69) is 64.1 Å². The fraction of sp³-hybridized carbons (Fsp3) is 0.121. The molecule has 0 radical (unpaired) electrons. The second-order valence-electron chi connectivity index (χ2n) is 9.39. The van der Waals surface area contributed by atoms with E-state index >= 15 is 0 Å². The number of benzene rings is 3. The average molecular weight is 498 g/mol. The highest BCUT2D eigenvalue weighted by molar-refractivity contribution is 5.97. The zero-order valence-electron chi connectivity index (χ0n) is 20.9. The van der Waals surface area contributed by atoms with E-state index < -0.39 is 0 Å². The highest BCUT2D eigenvalue weighted by Crippen LogP contribution is 2.26. The second kappa shape index (κ2) is 10.7. The molecule has 1 aromatic heterocycles. The molecule has 0 spiro atoms. The molecule has 1 unspecified atom stereocenters. The van der Waals surface area contributed by atoms with Crippen LogP contribution in [0.15, 0.2) is 108 Å². The maximum Gasteiger partial charge on any atom is 0.284 e. The Morgan fingerprint density at radius 2 is 1.58 bits per heavy atom. The lowest BCUT2D eigenvalue weighted by Crippen LogP contribution is -2.37. The van der Waals surface area contributed by atoms with Crippen molar-refractivity contribution >= 4 is 17.9 Å². The van der Waals surface area contributed by atoms with Crippen molar-refractivity contribution in [2.45, 2.75) is 19.3 Å².